The van der Waals surface area contributed by atoms with Crippen LogP contribution in [0.1, 0.15) is 45.6 Å². The molecule has 0 aliphatic rings. The van der Waals surface area contributed by atoms with Gasteiger partial charge in [0.2, 0.25) is 5.91 Å². The number of rotatable bonds is 9. The van der Waals surface area contributed by atoms with E-state index in [1.165, 1.54) is 0 Å². The van der Waals surface area contributed by atoms with Crippen molar-refractivity contribution in [2.24, 2.45) is 5.92 Å². The summed E-state index contributed by atoms with van der Waals surface area (Å²) in [4.78, 5) is 23.2. The van der Waals surface area contributed by atoms with Gasteiger partial charge in [-0.3, -0.25) is 9.59 Å². The van der Waals surface area contributed by atoms with Crippen LogP contribution in [0.2, 0.25) is 0 Å². The monoisotopic (exact) mass is 320 g/mol. The number of hydrogen-bond acceptors (Lipinski definition) is 3. The lowest BCUT2D eigenvalue weighted by molar-refractivity contribution is -0.125. The smallest absolute Gasteiger partial charge is 0.258 e. The zero-order valence-corrected chi connectivity index (χ0v) is 14.5. The van der Waals surface area contributed by atoms with E-state index in [0.29, 0.717) is 19.0 Å². The summed E-state index contributed by atoms with van der Waals surface area (Å²) < 4.78 is 5.64. The van der Waals surface area contributed by atoms with Crippen molar-refractivity contribution in [2.45, 2.75) is 40.0 Å². The number of para-hydroxylation sites is 1. The third-order valence-corrected chi connectivity index (χ3v) is 3.69. The standard InChI is InChI=1S/C18H28N2O3/c1-5-14(4)15-8-6-7-9-16(15)23-12-17(21)19-10-11-20-18(22)13(2)3/h6-9,13-14H,5,10-12H2,1-4H3,(H,19,21)(H,20,22). The van der Waals surface area contributed by atoms with Crippen LogP contribution in [0.15, 0.2) is 24.3 Å². The van der Waals surface area contributed by atoms with Crippen molar-refractivity contribution in [2.75, 3.05) is 19.7 Å². The first kappa shape index (κ1) is 19.0. The Balaban J connectivity index is 2.35. The fraction of sp³-hybridized carbons (Fsp3) is 0.556. The average Bonchev–Trinajstić information content (AvgIpc) is 2.56. The molecule has 0 fully saturated rings. The Kier molecular flexibility index (Phi) is 8.16. The van der Waals surface area contributed by atoms with Crippen LogP contribution in [0.25, 0.3) is 0 Å². The Bertz CT molecular complexity index is 515. The molecule has 0 bridgehead atoms. The maximum atomic E-state index is 11.8. The summed E-state index contributed by atoms with van der Waals surface area (Å²) in [6.07, 6.45) is 1.02. The van der Waals surface area contributed by atoms with Crippen molar-refractivity contribution in [1.29, 1.82) is 0 Å². The van der Waals surface area contributed by atoms with Gasteiger partial charge in [-0.15, -0.1) is 0 Å². The van der Waals surface area contributed by atoms with Gasteiger partial charge in [-0.05, 0) is 24.0 Å². The molecule has 2 N–H and O–H groups in total. The topological polar surface area (TPSA) is 67.4 Å². The summed E-state index contributed by atoms with van der Waals surface area (Å²) >= 11 is 0. The van der Waals surface area contributed by atoms with Crippen molar-refractivity contribution in [3.8, 4) is 5.75 Å². The van der Waals surface area contributed by atoms with Crippen molar-refractivity contribution in [1.82, 2.24) is 10.6 Å². The molecule has 5 heteroatoms. The normalized spacial score (nSPS) is 11.9. The molecule has 1 aromatic rings. The molecule has 1 rings (SSSR count). The first-order chi connectivity index (χ1) is 11.0. The molecule has 2 amide bonds. The van der Waals surface area contributed by atoms with Crippen molar-refractivity contribution < 1.29 is 14.3 Å². The maximum absolute atomic E-state index is 11.8. The summed E-state index contributed by atoms with van der Waals surface area (Å²) in [7, 11) is 0. The van der Waals surface area contributed by atoms with Crippen molar-refractivity contribution in [3.63, 3.8) is 0 Å². The first-order valence-electron chi connectivity index (χ1n) is 8.21. The van der Waals surface area contributed by atoms with E-state index in [1.807, 2.05) is 38.1 Å². The maximum Gasteiger partial charge on any atom is 0.258 e. The Morgan fingerprint density at radius 3 is 2.39 bits per heavy atom. The highest BCUT2D eigenvalue weighted by atomic mass is 16.5. The van der Waals surface area contributed by atoms with Crippen LogP contribution in [0.5, 0.6) is 5.75 Å². The van der Waals surface area contributed by atoms with Crippen LogP contribution in [0.3, 0.4) is 0 Å². The number of hydrogen-bond donors (Lipinski definition) is 2. The molecular weight excluding hydrogens is 292 g/mol. The molecule has 5 nitrogen and oxygen atoms in total. The van der Waals surface area contributed by atoms with Gasteiger partial charge in [-0.2, -0.15) is 0 Å². The van der Waals surface area contributed by atoms with Gasteiger partial charge < -0.3 is 15.4 Å². The quantitative estimate of drug-likeness (QED) is 0.687. The predicted octanol–water partition coefficient (Wildman–Crippen LogP) is 2.47. The number of benzene rings is 1. The van der Waals surface area contributed by atoms with Gasteiger partial charge in [0.1, 0.15) is 5.75 Å². The van der Waals surface area contributed by atoms with Crippen LogP contribution in [0.4, 0.5) is 0 Å². The van der Waals surface area contributed by atoms with E-state index in [0.717, 1.165) is 17.7 Å². The fourth-order valence-electron chi connectivity index (χ4n) is 2.03. The lowest BCUT2D eigenvalue weighted by atomic mass is 9.98. The Morgan fingerprint density at radius 1 is 1.09 bits per heavy atom. The molecule has 0 aliphatic heterocycles. The summed E-state index contributed by atoms with van der Waals surface area (Å²) in [6.45, 7) is 8.72. The molecular formula is C18H28N2O3. The molecule has 1 aromatic carbocycles. The van der Waals surface area contributed by atoms with Crippen molar-refractivity contribution >= 4 is 11.8 Å². The minimum Gasteiger partial charge on any atom is -0.483 e. The predicted molar refractivity (Wildman–Crippen MR) is 91.5 cm³/mol. The van der Waals surface area contributed by atoms with Gasteiger partial charge in [-0.1, -0.05) is 45.9 Å². The summed E-state index contributed by atoms with van der Waals surface area (Å²) in [6, 6.07) is 7.80. The van der Waals surface area contributed by atoms with E-state index in [4.69, 9.17) is 4.74 Å². The zero-order chi connectivity index (χ0) is 17.2. The van der Waals surface area contributed by atoms with E-state index in [2.05, 4.69) is 24.5 Å². The number of ether oxygens (including phenoxy) is 1. The van der Waals surface area contributed by atoms with E-state index in [-0.39, 0.29) is 24.3 Å². The van der Waals surface area contributed by atoms with Gasteiger partial charge in [0, 0.05) is 19.0 Å². The number of nitrogens with one attached hydrogen (secondary N) is 2. The molecule has 0 saturated carbocycles. The van der Waals surface area contributed by atoms with Crippen LogP contribution in [-0.2, 0) is 9.59 Å². The largest absolute Gasteiger partial charge is 0.483 e. The SMILES string of the molecule is CCC(C)c1ccccc1OCC(=O)NCCNC(=O)C(C)C. The molecule has 0 spiro atoms. The molecule has 128 valence electrons. The average molecular weight is 320 g/mol. The third kappa shape index (κ3) is 6.72. The van der Waals surface area contributed by atoms with Crippen molar-refractivity contribution in [3.05, 3.63) is 29.8 Å². The van der Waals surface area contributed by atoms with Gasteiger partial charge >= 0.3 is 0 Å². The van der Waals surface area contributed by atoms with E-state index < -0.39 is 0 Å². The highest BCUT2D eigenvalue weighted by Crippen LogP contribution is 2.28. The highest BCUT2D eigenvalue weighted by molar-refractivity contribution is 5.78. The molecule has 23 heavy (non-hydrogen) atoms. The third-order valence-electron chi connectivity index (χ3n) is 3.69. The molecule has 0 radical (unpaired) electrons. The second-order valence-electron chi connectivity index (χ2n) is 5.93. The Hall–Kier alpha value is -2.04. The van der Waals surface area contributed by atoms with Crippen LogP contribution in [-0.4, -0.2) is 31.5 Å². The van der Waals surface area contributed by atoms with Gasteiger partial charge in [0.25, 0.3) is 5.91 Å². The highest BCUT2D eigenvalue weighted by Gasteiger charge is 2.11. The van der Waals surface area contributed by atoms with Gasteiger partial charge in [0.05, 0.1) is 0 Å². The number of carbonyl (C=O) groups is 2. The minimum absolute atomic E-state index is 0.0158. The number of amides is 2. The fourth-order valence-corrected chi connectivity index (χ4v) is 2.03. The molecule has 1 atom stereocenters. The lowest BCUT2D eigenvalue weighted by Gasteiger charge is -2.15. The summed E-state index contributed by atoms with van der Waals surface area (Å²) in [5, 5.41) is 5.48. The molecule has 0 aromatic heterocycles. The molecule has 0 aliphatic carbocycles. The Morgan fingerprint density at radius 2 is 1.74 bits per heavy atom. The van der Waals surface area contributed by atoms with Crippen LogP contribution in [0, 0.1) is 5.92 Å². The lowest BCUT2D eigenvalue weighted by Crippen LogP contribution is -2.38. The molecule has 1 unspecified atom stereocenters. The van der Waals surface area contributed by atoms with Crippen LogP contribution < -0.4 is 15.4 Å². The van der Waals surface area contributed by atoms with Crippen LogP contribution >= 0.6 is 0 Å². The first-order valence-corrected chi connectivity index (χ1v) is 8.21. The van der Waals surface area contributed by atoms with Gasteiger partial charge in [-0.25, -0.2) is 0 Å². The van der Waals surface area contributed by atoms with E-state index in [9.17, 15) is 9.59 Å². The minimum atomic E-state index is -0.192. The van der Waals surface area contributed by atoms with E-state index in [1.54, 1.807) is 0 Å². The molecule has 0 saturated heterocycles. The van der Waals surface area contributed by atoms with E-state index >= 15 is 0 Å². The number of carbonyl (C=O) groups excluding carboxylic acids is 2. The second-order valence-corrected chi connectivity index (χ2v) is 5.93. The van der Waals surface area contributed by atoms with Gasteiger partial charge in [0.15, 0.2) is 6.61 Å². The summed E-state index contributed by atoms with van der Waals surface area (Å²) in [5.41, 5.74) is 1.12. The Labute approximate surface area is 138 Å². The summed E-state index contributed by atoms with van der Waals surface area (Å²) in [5.74, 6) is 0.887. The second kappa shape index (κ2) is 9.87. The molecule has 0 heterocycles. The zero-order valence-electron chi connectivity index (χ0n) is 14.5.